The van der Waals surface area contributed by atoms with Crippen LogP contribution in [0.2, 0.25) is 0 Å². The normalized spacial score (nSPS) is 21.8. The molecule has 1 saturated carbocycles. The van der Waals surface area contributed by atoms with E-state index in [1.54, 1.807) is 0 Å². The second-order valence-corrected chi connectivity index (χ2v) is 14.0. The Kier molecular flexibility index (Phi) is 21.2. The van der Waals surface area contributed by atoms with Crippen LogP contribution in [0, 0.1) is 17.2 Å². The molecule has 0 spiro atoms. The van der Waals surface area contributed by atoms with Crippen LogP contribution < -0.4 is 5.32 Å². The van der Waals surface area contributed by atoms with Crippen molar-refractivity contribution >= 4 is 0 Å². The summed E-state index contributed by atoms with van der Waals surface area (Å²) in [5.74, 6) is 0.324. The van der Waals surface area contributed by atoms with Crippen LogP contribution in [-0.2, 0) is 0 Å². The Hall–Kier alpha value is -0.750. The van der Waals surface area contributed by atoms with E-state index < -0.39 is 0 Å². The van der Waals surface area contributed by atoms with Gasteiger partial charge in [-0.1, -0.05) is 34.1 Å². The maximum absolute atomic E-state index is 8.65. The van der Waals surface area contributed by atoms with E-state index in [-0.39, 0.29) is 0 Å². The zero-order chi connectivity index (χ0) is 31.5. The summed E-state index contributed by atoms with van der Waals surface area (Å²) in [5, 5.41) is 12.0. The van der Waals surface area contributed by atoms with Crippen LogP contribution in [-0.4, -0.2) is 133 Å². The van der Waals surface area contributed by atoms with E-state index in [0.29, 0.717) is 18.0 Å². The molecule has 3 aliphatic heterocycles. The van der Waals surface area contributed by atoms with Gasteiger partial charge in [0.1, 0.15) is 0 Å². The number of hydrogen-bond acceptors (Lipinski definition) is 7. The number of nitrogens with zero attached hydrogens (tertiary/aromatic N) is 6. The first kappa shape index (κ1) is 39.3. The third-order valence-corrected chi connectivity index (χ3v) is 9.25. The van der Waals surface area contributed by atoms with Crippen molar-refractivity contribution in [3.8, 4) is 6.07 Å². The Morgan fingerprint density at radius 1 is 0.643 bits per heavy atom. The summed E-state index contributed by atoms with van der Waals surface area (Å²) in [6, 6.07) is 6.08. The van der Waals surface area contributed by atoms with Crippen molar-refractivity contribution in [1.82, 2.24) is 29.8 Å². The van der Waals surface area contributed by atoms with Gasteiger partial charge in [-0.15, -0.1) is 0 Å². The fourth-order valence-electron chi connectivity index (χ4n) is 5.77. The second kappa shape index (κ2) is 22.7. The van der Waals surface area contributed by atoms with Gasteiger partial charge in [-0.25, -0.2) is 0 Å². The average molecular weight is 592 g/mol. The molecular formula is C35H73N7. The summed E-state index contributed by atoms with van der Waals surface area (Å²) < 4.78 is 0. The van der Waals surface area contributed by atoms with E-state index in [1.165, 1.54) is 91.1 Å². The van der Waals surface area contributed by atoms with Crippen molar-refractivity contribution < 1.29 is 0 Å². The molecule has 0 aromatic heterocycles. The minimum absolute atomic E-state index is 0.324. The minimum atomic E-state index is 0.324. The van der Waals surface area contributed by atoms with Gasteiger partial charge in [0.2, 0.25) is 0 Å². The monoisotopic (exact) mass is 592 g/mol. The largest absolute Gasteiger partial charge is 0.315 e. The third kappa shape index (κ3) is 17.5. The van der Waals surface area contributed by atoms with Crippen LogP contribution in [0.15, 0.2) is 0 Å². The molecule has 0 aromatic carbocycles. The Bertz CT molecular complexity index is 651. The van der Waals surface area contributed by atoms with Crippen molar-refractivity contribution in [3.05, 3.63) is 0 Å². The molecule has 1 aliphatic carbocycles. The van der Waals surface area contributed by atoms with Gasteiger partial charge in [-0.05, 0) is 99.8 Å². The second-order valence-electron chi connectivity index (χ2n) is 14.0. The highest BCUT2D eigenvalue weighted by molar-refractivity contribution is 4.88. The smallest absolute Gasteiger partial charge is 0.0656 e. The number of piperidine rings is 1. The Labute approximate surface area is 263 Å². The summed E-state index contributed by atoms with van der Waals surface area (Å²) in [6.45, 7) is 37.2. The van der Waals surface area contributed by atoms with Crippen molar-refractivity contribution in [1.29, 1.82) is 5.26 Å². The highest BCUT2D eigenvalue weighted by Gasteiger charge is 2.31. The van der Waals surface area contributed by atoms with Crippen LogP contribution in [0.1, 0.15) is 108 Å². The standard InChI is InChI=1S/C10H20N2.C9H16N2.C9H20N2.C7H17N/c1-9(2)11-5-7-12(8-6-11)10-3-4-10;1-8(2)11-5-3-9(7-10)4-6-11;1-4-10-5-7-11(8-6-10)9(2)3;1-4-5-6-8-7(2)3/h9-10H,3-8H2,1-2H3;8-9H,3-6H2,1-2H3;9H,4-8H2,1-3H3;7-8H,4-6H2,1-3H3. The molecule has 4 rings (SSSR count). The number of hydrogen-bond donors (Lipinski definition) is 1. The van der Waals surface area contributed by atoms with Crippen LogP contribution in [0.4, 0.5) is 0 Å². The molecule has 0 atom stereocenters. The quantitative estimate of drug-likeness (QED) is 0.349. The number of nitriles is 1. The maximum Gasteiger partial charge on any atom is 0.0656 e. The Morgan fingerprint density at radius 2 is 1.10 bits per heavy atom. The summed E-state index contributed by atoms with van der Waals surface area (Å²) >= 11 is 0. The van der Waals surface area contributed by atoms with Crippen LogP contribution in [0.3, 0.4) is 0 Å². The van der Waals surface area contributed by atoms with Crippen molar-refractivity contribution in [3.63, 3.8) is 0 Å². The molecule has 4 fully saturated rings. The predicted molar refractivity (Wildman–Crippen MR) is 183 cm³/mol. The van der Waals surface area contributed by atoms with Gasteiger partial charge >= 0.3 is 0 Å². The molecule has 248 valence electrons. The molecule has 0 bridgehead atoms. The van der Waals surface area contributed by atoms with Gasteiger partial charge in [-0.3, -0.25) is 14.7 Å². The van der Waals surface area contributed by atoms with Gasteiger partial charge < -0.3 is 15.1 Å². The summed E-state index contributed by atoms with van der Waals surface area (Å²) in [4.78, 5) is 12.7. The highest BCUT2D eigenvalue weighted by Crippen LogP contribution is 2.27. The molecule has 0 amide bonds. The van der Waals surface area contributed by atoms with E-state index >= 15 is 0 Å². The van der Waals surface area contributed by atoms with Gasteiger partial charge in [0.15, 0.2) is 0 Å². The van der Waals surface area contributed by atoms with Crippen LogP contribution >= 0.6 is 0 Å². The molecule has 42 heavy (non-hydrogen) atoms. The SMILES string of the molecule is CC(C)N1CCC(C#N)CC1.CC(C)N1CCN(C2CC2)CC1.CCCCNC(C)C.CCN1CCN(C(C)C)CC1. The number of nitrogens with one attached hydrogen (secondary N) is 1. The minimum Gasteiger partial charge on any atom is -0.315 e. The Morgan fingerprint density at radius 3 is 1.45 bits per heavy atom. The number of likely N-dealkylation sites (N-methyl/N-ethyl adjacent to an activating group) is 1. The fraction of sp³-hybridized carbons (Fsp3) is 0.971. The van der Waals surface area contributed by atoms with Crippen molar-refractivity contribution in [2.24, 2.45) is 5.92 Å². The fourth-order valence-corrected chi connectivity index (χ4v) is 5.77. The molecule has 3 heterocycles. The van der Waals surface area contributed by atoms with Crippen LogP contribution in [0.25, 0.3) is 0 Å². The first-order chi connectivity index (χ1) is 20.0. The van der Waals surface area contributed by atoms with Crippen molar-refractivity contribution in [2.75, 3.05) is 78.5 Å². The van der Waals surface area contributed by atoms with E-state index in [1.807, 2.05) is 0 Å². The van der Waals surface area contributed by atoms with Gasteiger partial charge in [-0.2, -0.15) is 5.26 Å². The average Bonchev–Trinajstić information content (AvgIpc) is 3.84. The molecular weight excluding hydrogens is 518 g/mol. The molecule has 4 aliphatic rings. The first-order valence-electron chi connectivity index (χ1n) is 17.8. The molecule has 1 N–H and O–H groups in total. The van der Waals surface area contributed by atoms with E-state index in [2.05, 4.69) is 105 Å². The maximum atomic E-state index is 8.65. The molecule has 3 saturated heterocycles. The molecule has 7 nitrogen and oxygen atoms in total. The summed E-state index contributed by atoms with van der Waals surface area (Å²) in [7, 11) is 0. The van der Waals surface area contributed by atoms with Crippen LogP contribution in [0.5, 0.6) is 0 Å². The summed E-state index contributed by atoms with van der Waals surface area (Å²) in [6.07, 6.45) is 7.64. The molecule has 7 heteroatoms. The number of piperazine rings is 2. The third-order valence-electron chi connectivity index (χ3n) is 9.25. The first-order valence-corrected chi connectivity index (χ1v) is 17.8. The number of rotatable bonds is 9. The van der Waals surface area contributed by atoms with Gasteiger partial charge in [0.05, 0.1) is 6.07 Å². The number of unbranched alkanes of at least 4 members (excludes halogenated alkanes) is 1. The zero-order valence-corrected chi connectivity index (χ0v) is 29.9. The lowest BCUT2D eigenvalue weighted by Gasteiger charge is -2.37. The van der Waals surface area contributed by atoms with Gasteiger partial charge in [0.25, 0.3) is 0 Å². The summed E-state index contributed by atoms with van der Waals surface area (Å²) in [5.41, 5.74) is 0. The van der Waals surface area contributed by atoms with Crippen molar-refractivity contribution in [2.45, 2.75) is 138 Å². The predicted octanol–water partition coefficient (Wildman–Crippen LogP) is 5.62. The van der Waals surface area contributed by atoms with E-state index in [0.717, 1.165) is 44.1 Å². The number of likely N-dealkylation sites (tertiary alicyclic amines) is 1. The lowest BCUT2D eigenvalue weighted by molar-refractivity contribution is 0.103. The van der Waals surface area contributed by atoms with E-state index in [4.69, 9.17) is 5.26 Å². The molecule has 0 radical (unpaired) electrons. The van der Waals surface area contributed by atoms with E-state index in [9.17, 15) is 0 Å². The Balaban J connectivity index is 0.000000283. The highest BCUT2D eigenvalue weighted by atomic mass is 15.3. The lowest BCUT2D eigenvalue weighted by atomic mass is 9.98. The molecule has 0 unspecified atom stereocenters. The lowest BCUT2D eigenvalue weighted by Crippen LogP contribution is -2.49. The molecule has 0 aromatic rings. The topological polar surface area (TPSA) is 52.0 Å². The van der Waals surface area contributed by atoms with Gasteiger partial charge in [0, 0.05) is 88.5 Å². The zero-order valence-electron chi connectivity index (χ0n) is 29.9.